The monoisotopic (exact) mass is 429 g/mol. The highest BCUT2D eigenvalue weighted by Crippen LogP contribution is 2.30. The van der Waals surface area contributed by atoms with Crippen molar-refractivity contribution in [2.75, 3.05) is 26.2 Å². The number of hydrogen-bond acceptors (Lipinski definition) is 6. The van der Waals surface area contributed by atoms with Crippen molar-refractivity contribution in [2.24, 2.45) is 4.99 Å². The van der Waals surface area contributed by atoms with Crippen molar-refractivity contribution in [2.45, 2.75) is 50.5 Å². The van der Waals surface area contributed by atoms with E-state index in [1.807, 2.05) is 24.3 Å². The number of nitrogens with zero attached hydrogens (tertiary/aromatic N) is 1. The van der Waals surface area contributed by atoms with E-state index in [-0.39, 0.29) is 31.1 Å². The van der Waals surface area contributed by atoms with Crippen LogP contribution in [0, 0.1) is 0 Å². The van der Waals surface area contributed by atoms with Gasteiger partial charge >= 0.3 is 5.97 Å². The summed E-state index contributed by atoms with van der Waals surface area (Å²) in [6, 6.07) is 7.81. The van der Waals surface area contributed by atoms with Crippen LogP contribution in [0.2, 0.25) is 0 Å². The van der Waals surface area contributed by atoms with E-state index in [0.717, 1.165) is 49.6 Å². The minimum Gasteiger partial charge on any atom is -0.481 e. The Bertz CT molecular complexity index is 814. The van der Waals surface area contributed by atoms with Gasteiger partial charge in [0.2, 0.25) is 11.8 Å². The van der Waals surface area contributed by atoms with Gasteiger partial charge in [0, 0.05) is 45.3 Å². The smallest absolute Gasteiger partial charge is 0.303 e. The quantitative estimate of drug-likeness (QED) is 0.322. The molecule has 168 valence electrons. The summed E-state index contributed by atoms with van der Waals surface area (Å²) in [7, 11) is 0. The van der Waals surface area contributed by atoms with Crippen molar-refractivity contribution in [1.29, 1.82) is 0 Å². The average Bonchev–Trinajstić information content (AvgIpc) is 3.37. The fourth-order valence-electron chi connectivity index (χ4n) is 3.99. The van der Waals surface area contributed by atoms with Crippen molar-refractivity contribution < 1.29 is 19.5 Å². The number of nitrogens with one attached hydrogen (secondary N) is 4. The Labute approximate surface area is 182 Å². The summed E-state index contributed by atoms with van der Waals surface area (Å²) in [5, 5.41) is 21.1. The number of carboxylic acid groups (broad SMARTS) is 1. The van der Waals surface area contributed by atoms with Gasteiger partial charge in [0.1, 0.15) is 5.54 Å². The minimum atomic E-state index is -1.02. The first-order valence-electron chi connectivity index (χ1n) is 10.9. The second kappa shape index (κ2) is 10.8. The SMILES string of the molecule is O=C(O)CCCC(=O)NC1(C(=O)NCCCCNC2=NCCN2)Cc2ccccc2C1. The predicted molar refractivity (Wildman–Crippen MR) is 117 cm³/mol. The average molecular weight is 430 g/mol. The molecule has 5 N–H and O–H groups in total. The Morgan fingerprint density at radius 3 is 2.39 bits per heavy atom. The molecule has 1 heterocycles. The minimum absolute atomic E-state index is 0.0666. The molecule has 0 radical (unpaired) electrons. The highest BCUT2D eigenvalue weighted by atomic mass is 16.4. The molecule has 9 nitrogen and oxygen atoms in total. The van der Waals surface area contributed by atoms with Crippen molar-refractivity contribution in [3.05, 3.63) is 35.4 Å². The number of carbonyl (C=O) groups excluding carboxylic acids is 2. The first-order chi connectivity index (χ1) is 15.0. The zero-order valence-electron chi connectivity index (χ0n) is 17.7. The van der Waals surface area contributed by atoms with E-state index in [4.69, 9.17) is 5.11 Å². The molecule has 0 aromatic heterocycles. The van der Waals surface area contributed by atoms with E-state index in [0.29, 0.717) is 19.4 Å². The van der Waals surface area contributed by atoms with Gasteiger partial charge in [-0.15, -0.1) is 0 Å². The third-order valence-corrected chi connectivity index (χ3v) is 5.57. The molecule has 1 aliphatic heterocycles. The van der Waals surface area contributed by atoms with E-state index >= 15 is 0 Å². The van der Waals surface area contributed by atoms with Crippen LogP contribution >= 0.6 is 0 Å². The molecule has 31 heavy (non-hydrogen) atoms. The summed E-state index contributed by atoms with van der Waals surface area (Å²) >= 11 is 0. The summed E-state index contributed by atoms with van der Waals surface area (Å²) in [4.78, 5) is 40.6. The zero-order valence-corrected chi connectivity index (χ0v) is 17.7. The number of rotatable bonds is 11. The molecule has 0 saturated carbocycles. The fraction of sp³-hybridized carbons (Fsp3) is 0.545. The van der Waals surface area contributed by atoms with Crippen LogP contribution in [0.25, 0.3) is 0 Å². The van der Waals surface area contributed by atoms with Crippen LogP contribution in [-0.4, -0.2) is 60.6 Å². The summed E-state index contributed by atoms with van der Waals surface area (Å²) in [6.07, 6.45) is 2.83. The second-order valence-corrected chi connectivity index (χ2v) is 8.05. The molecule has 3 rings (SSSR count). The van der Waals surface area contributed by atoms with E-state index in [2.05, 4.69) is 26.3 Å². The van der Waals surface area contributed by atoms with Crippen LogP contribution < -0.4 is 21.3 Å². The number of unbranched alkanes of at least 4 members (excludes halogenated alkanes) is 1. The maximum Gasteiger partial charge on any atom is 0.303 e. The zero-order chi connectivity index (χ0) is 22.1. The first-order valence-corrected chi connectivity index (χ1v) is 10.9. The van der Waals surface area contributed by atoms with Gasteiger partial charge in [-0.2, -0.15) is 0 Å². The van der Waals surface area contributed by atoms with Gasteiger partial charge in [0.25, 0.3) is 0 Å². The van der Waals surface area contributed by atoms with Crippen LogP contribution in [0.4, 0.5) is 0 Å². The van der Waals surface area contributed by atoms with Gasteiger partial charge in [0.05, 0.1) is 6.54 Å². The standard InChI is InChI=1S/C22H31N5O4/c28-18(8-5-9-19(29)30)27-22(14-16-6-1-2-7-17(16)15-22)20(31)23-10-3-4-11-24-21-25-12-13-26-21/h1-2,6-7H,3-5,8-15H2,(H,23,31)(H,27,28)(H,29,30)(H2,24,25,26). The van der Waals surface area contributed by atoms with Crippen LogP contribution in [0.15, 0.2) is 29.3 Å². The number of fused-ring (bicyclic) bond motifs is 1. The Balaban J connectivity index is 1.50. The number of carboxylic acids is 1. The van der Waals surface area contributed by atoms with Gasteiger partial charge in [-0.05, 0) is 30.4 Å². The molecule has 9 heteroatoms. The Morgan fingerprint density at radius 1 is 1.03 bits per heavy atom. The molecule has 0 saturated heterocycles. The number of hydrogen-bond donors (Lipinski definition) is 5. The van der Waals surface area contributed by atoms with Crippen LogP contribution in [0.1, 0.15) is 43.2 Å². The lowest BCUT2D eigenvalue weighted by atomic mass is 9.93. The molecule has 1 aromatic rings. The Morgan fingerprint density at radius 2 is 1.74 bits per heavy atom. The van der Waals surface area contributed by atoms with Crippen LogP contribution in [-0.2, 0) is 27.2 Å². The first kappa shape index (κ1) is 22.6. The number of carbonyl (C=O) groups is 3. The summed E-state index contributed by atoms with van der Waals surface area (Å²) in [5.74, 6) is -0.584. The summed E-state index contributed by atoms with van der Waals surface area (Å²) < 4.78 is 0. The topological polar surface area (TPSA) is 132 Å². The normalized spacial score (nSPS) is 16.1. The Kier molecular flexibility index (Phi) is 7.86. The molecule has 0 unspecified atom stereocenters. The number of guanidine groups is 1. The predicted octanol–water partition coefficient (Wildman–Crippen LogP) is 0.340. The van der Waals surface area contributed by atoms with Gasteiger partial charge < -0.3 is 26.4 Å². The third-order valence-electron chi connectivity index (χ3n) is 5.57. The lowest BCUT2D eigenvalue weighted by Crippen LogP contribution is -2.59. The lowest BCUT2D eigenvalue weighted by Gasteiger charge is -2.29. The summed E-state index contributed by atoms with van der Waals surface area (Å²) in [6.45, 7) is 2.96. The molecule has 0 fully saturated rings. The molecule has 0 bridgehead atoms. The van der Waals surface area contributed by atoms with E-state index in [1.165, 1.54) is 0 Å². The maximum absolute atomic E-state index is 13.1. The molecular formula is C22H31N5O4. The Hall–Kier alpha value is -3.10. The van der Waals surface area contributed by atoms with E-state index in [1.54, 1.807) is 0 Å². The van der Waals surface area contributed by atoms with Crippen molar-refractivity contribution in [1.82, 2.24) is 21.3 Å². The maximum atomic E-state index is 13.1. The largest absolute Gasteiger partial charge is 0.481 e. The molecule has 1 aliphatic carbocycles. The number of amides is 2. The van der Waals surface area contributed by atoms with E-state index < -0.39 is 11.5 Å². The van der Waals surface area contributed by atoms with Gasteiger partial charge in [0.15, 0.2) is 5.96 Å². The van der Waals surface area contributed by atoms with Crippen molar-refractivity contribution in [3.8, 4) is 0 Å². The molecular weight excluding hydrogens is 398 g/mol. The highest BCUT2D eigenvalue weighted by Gasteiger charge is 2.44. The number of benzene rings is 1. The van der Waals surface area contributed by atoms with Crippen LogP contribution in [0.3, 0.4) is 0 Å². The van der Waals surface area contributed by atoms with Crippen molar-refractivity contribution in [3.63, 3.8) is 0 Å². The molecule has 2 amide bonds. The number of aliphatic imine (C=N–C) groups is 1. The van der Waals surface area contributed by atoms with E-state index in [9.17, 15) is 14.4 Å². The van der Waals surface area contributed by atoms with Crippen LogP contribution in [0.5, 0.6) is 0 Å². The lowest BCUT2D eigenvalue weighted by molar-refractivity contribution is -0.137. The summed E-state index contributed by atoms with van der Waals surface area (Å²) in [5.41, 5.74) is 1.08. The van der Waals surface area contributed by atoms with Gasteiger partial charge in [-0.1, -0.05) is 24.3 Å². The molecule has 2 aliphatic rings. The molecule has 0 spiro atoms. The number of aliphatic carboxylic acids is 1. The van der Waals surface area contributed by atoms with Gasteiger partial charge in [-0.25, -0.2) is 0 Å². The highest BCUT2D eigenvalue weighted by molar-refractivity contribution is 5.93. The second-order valence-electron chi connectivity index (χ2n) is 8.05. The fourth-order valence-corrected chi connectivity index (χ4v) is 3.99. The third kappa shape index (κ3) is 6.44. The molecule has 0 atom stereocenters. The van der Waals surface area contributed by atoms with Crippen molar-refractivity contribution >= 4 is 23.7 Å². The van der Waals surface area contributed by atoms with Gasteiger partial charge in [-0.3, -0.25) is 19.4 Å². The molecule has 1 aromatic carbocycles.